The quantitative estimate of drug-likeness (QED) is 0.798. The third-order valence-corrected chi connectivity index (χ3v) is 2.75. The molecule has 2 heteroatoms. The highest BCUT2D eigenvalue weighted by Crippen LogP contribution is 2.24. The number of carbonyl (C=O) groups is 1. The van der Waals surface area contributed by atoms with Crippen LogP contribution in [0.4, 0.5) is 0 Å². The summed E-state index contributed by atoms with van der Waals surface area (Å²) in [6.07, 6.45) is 1.03. The van der Waals surface area contributed by atoms with Gasteiger partial charge in [-0.15, -0.1) is 0 Å². The predicted molar refractivity (Wildman–Crippen MR) is 56.8 cm³/mol. The summed E-state index contributed by atoms with van der Waals surface area (Å²) in [5.74, 6) is -0.415. The van der Waals surface area contributed by atoms with Crippen molar-refractivity contribution in [3.05, 3.63) is 34.9 Å². The minimum atomic E-state index is -0.840. The Morgan fingerprint density at radius 1 is 1.50 bits per heavy atom. The largest absolute Gasteiger partial charge is 0.478 e. The first kappa shape index (κ1) is 10.8. The van der Waals surface area contributed by atoms with Crippen molar-refractivity contribution in [3.63, 3.8) is 0 Å². The molecule has 0 saturated heterocycles. The highest BCUT2D eigenvalue weighted by atomic mass is 16.4. The summed E-state index contributed by atoms with van der Waals surface area (Å²) >= 11 is 0. The number of carboxylic acids is 1. The lowest BCUT2D eigenvalue weighted by Crippen LogP contribution is -2.04. The number of carboxylic acid groups (broad SMARTS) is 1. The molecule has 0 heterocycles. The maximum atomic E-state index is 10.9. The molecule has 1 N–H and O–H groups in total. The van der Waals surface area contributed by atoms with Gasteiger partial charge in [0.15, 0.2) is 0 Å². The Morgan fingerprint density at radius 2 is 2.14 bits per heavy atom. The van der Waals surface area contributed by atoms with E-state index in [9.17, 15) is 4.79 Å². The SMILES string of the molecule is CCC(C)c1cccc(C(=O)O)c1C. The second kappa shape index (κ2) is 4.27. The molecule has 76 valence electrons. The van der Waals surface area contributed by atoms with E-state index in [1.165, 1.54) is 0 Å². The van der Waals surface area contributed by atoms with Gasteiger partial charge >= 0.3 is 5.97 Å². The van der Waals surface area contributed by atoms with Crippen molar-refractivity contribution < 1.29 is 9.90 Å². The number of benzene rings is 1. The molecule has 0 aliphatic heterocycles. The second-order valence-corrected chi connectivity index (χ2v) is 3.63. The predicted octanol–water partition coefficient (Wildman–Crippen LogP) is 3.21. The van der Waals surface area contributed by atoms with Crippen LogP contribution >= 0.6 is 0 Å². The van der Waals surface area contributed by atoms with Crippen molar-refractivity contribution in [1.82, 2.24) is 0 Å². The van der Waals surface area contributed by atoms with Crippen molar-refractivity contribution in [1.29, 1.82) is 0 Å². The molecular weight excluding hydrogens is 176 g/mol. The van der Waals surface area contributed by atoms with Gasteiger partial charge in [-0.25, -0.2) is 4.79 Å². The lowest BCUT2D eigenvalue weighted by molar-refractivity contribution is 0.0696. The standard InChI is InChI=1S/C12H16O2/c1-4-8(2)10-6-5-7-11(9(10)3)12(13)14/h5-8H,4H2,1-3H3,(H,13,14). The zero-order valence-corrected chi connectivity index (χ0v) is 8.87. The first-order valence-corrected chi connectivity index (χ1v) is 4.90. The molecule has 0 bridgehead atoms. The van der Waals surface area contributed by atoms with Gasteiger partial charge < -0.3 is 5.11 Å². The van der Waals surface area contributed by atoms with E-state index < -0.39 is 5.97 Å². The van der Waals surface area contributed by atoms with Crippen molar-refractivity contribution in [2.24, 2.45) is 0 Å². The van der Waals surface area contributed by atoms with Crippen LogP contribution < -0.4 is 0 Å². The molecule has 1 rings (SSSR count). The van der Waals surface area contributed by atoms with Gasteiger partial charge in [0.2, 0.25) is 0 Å². The molecule has 0 spiro atoms. The van der Waals surface area contributed by atoms with E-state index in [2.05, 4.69) is 13.8 Å². The Hall–Kier alpha value is -1.31. The van der Waals surface area contributed by atoms with Crippen LogP contribution in [0.15, 0.2) is 18.2 Å². The lowest BCUT2D eigenvalue weighted by Gasteiger charge is -2.13. The van der Waals surface area contributed by atoms with Crippen LogP contribution in [0, 0.1) is 6.92 Å². The van der Waals surface area contributed by atoms with Gasteiger partial charge in [-0.05, 0) is 36.5 Å². The highest BCUT2D eigenvalue weighted by Gasteiger charge is 2.12. The first-order valence-electron chi connectivity index (χ1n) is 4.90. The van der Waals surface area contributed by atoms with Crippen molar-refractivity contribution in [2.75, 3.05) is 0 Å². The normalized spacial score (nSPS) is 12.5. The van der Waals surface area contributed by atoms with Gasteiger partial charge in [0.1, 0.15) is 0 Å². The van der Waals surface area contributed by atoms with E-state index in [-0.39, 0.29) is 0 Å². The van der Waals surface area contributed by atoms with Crippen LogP contribution in [0.2, 0.25) is 0 Å². The number of aromatic carboxylic acids is 1. The summed E-state index contributed by atoms with van der Waals surface area (Å²) in [5, 5.41) is 8.94. The molecule has 0 radical (unpaired) electrons. The second-order valence-electron chi connectivity index (χ2n) is 3.63. The number of rotatable bonds is 3. The topological polar surface area (TPSA) is 37.3 Å². The highest BCUT2D eigenvalue weighted by molar-refractivity contribution is 5.89. The molecule has 0 fully saturated rings. The minimum Gasteiger partial charge on any atom is -0.478 e. The van der Waals surface area contributed by atoms with Gasteiger partial charge in [0, 0.05) is 0 Å². The maximum Gasteiger partial charge on any atom is 0.335 e. The van der Waals surface area contributed by atoms with Crippen LogP contribution in [0.25, 0.3) is 0 Å². The molecular formula is C12H16O2. The van der Waals surface area contributed by atoms with E-state index in [0.29, 0.717) is 11.5 Å². The monoisotopic (exact) mass is 192 g/mol. The third-order valence-electron chi connectivity index (χ3n) is 2.75. The third kappa shape index (κ3) is 1.95. The van der Waals surface area contributed by atoms with Gasteiger partial charge in [-0.2, -0.15) is 0 Å². The number of hydrogen-bond donors (Lipinski definition) is 1. The smallest absolute Gasteiger partial charge is 0.335 e. The fraction of sp³-hybridized carbons (Fsp3) is 0.417. The van der Waals surface area contributed by atoms with E-state index in [1.54, 1.807) is 6.07 Å². The molecule has 0 saturated carbocycles. The van der Waals surface area contributed by atoms with Gasteiger partial charge in [0.25, 0.3) is 0 Å². The molecule has 0 amide bonds. The Balaban J connectivity index is 3.20. The Labute approximate surface area is 84.6 Å². The summed E-state index contributed by atoms with van der Waals surface area (Å²) in [6, 6.07) is 5.48. The Morgan fingerprint density at radius 3 is 2.64 bits per heavy atom. The van der Waals surface area contributed by atoms with Crippen LogP contribution in [-0.2, 0) is 0 Å². The van der Waals surface area contributed by atoms with Crippen LogP contribution in [0.1, 0.15) is 47.7 Å². The van der Waals surface area contributed by atoms with Crippen molar-refractivity contribution >= 4 is 5.97 Å². The van der Waals surface area contributed by atoms with Gasteiger partial charge in [-0.1, -0.05) is 26.0 Å². The molecule has 2 nitrogen and oxygen atoms in total. The average Bonchev–Trinajstić information content (AvgIpc) is 2.16. The minimum absolute atomic E-state index is 0.419. The van der Waals surface area contributed by atoms with Gasteiger partial charge in [-0.3, -0.25) is 0 Å². The fourth-order valence-electron chi connectivity index (χ4n) is 1.64. The molecule has 1 atom stereocenters. The molecule has 1 aromatic rings. The van der Waals surface area contributed by atoms with Gasteiger partial charge in [0.05, 0.1) is 5.56 Å². The Bertz CT molecular complexity index is 342. The van der Waals surface area contributed by atoms with E-state index >= 15 is 0 Å². The molecule has 1 aromatic carbocycles. The molecule has 1 unspecified atom stereocenters. The average molecular weight is 192 g/mol. The molecule has 14 heavy (non-hydrogen) atoms. The number of hydrogen-bond acceptors (Lipinski definition) is 1. The summed E-state index contributed by atoms with van der Waals surface area (Å²) in [7, 11) is 0. The van der Waals surface area contributed by atoms with Crippen molar-refractivity contribution in [3.8, 4) is 0 Å². The van der Waals surface area contributed by atoms with Crippen LogP contribution in [0.3, 0.4) is 0 Å². The fourth-order valence-corrected chi connectivity index (χ4v) is 1.64. The Kier molecular flexibility index (Phi) is 3.28. The molecule has 0 aliphatic carbocycles. The summed E-state index contributed by atoms with van der Waals surface area (Å²) < 4.78 is 0. The summed E-state index contributed by atoms with van der Waals surface area (Å²) in [4.78, 5) is 10.9. The summed E-state index contributed by atoms with van der Waals surface area (Å²) in [5.41, 5.74) is 2.46. The molecule has 0 aromatic heterocycles. The summed E-state index contributed by atoms with van der Waals surface area (Å²) in [6.45, 7) is 6.11. The lowest BCUT2D eigenvalue weighted by atomic mass is 9.91. The van der Waals surface area contributed by atoms with E-state index in [4.69, 9.17) is 5.11 Å². The van der Waals surface area contributed by atoms with Crippen LogP contribution in [0.5, 0.6) is 0 Å². The maximum absolute atomic E-state index is 10.9. The zero-order chi connectivity index (χ0) is 10.7. The van der Waals surface area contributed by atoms with E-state index in [0.717, 1.165) is 17.5 Å². The zero-order valence-electron chi connectivity index (χ0n) is 8.87. The molecule has 0 aliphatic rings. The van der Waals surface area contributed by atoms with E-state index in [1.807, 2.05) is 19.1 Å². The first-order chi connectivity index (χ1) is 6.57. The van der Waals surface area contributed by atoms with Crippen molar-refractivity contribution in [2.45, 2.75) is 33.1 Å². The van der Waals surface area contributed by atoms with Crippen LogP contribution in [-0.4, -0.2) is 11.1 Å².